The summed E-state index contributed by atoms with van der Waals surface area (Å²) in [5.74, 6) is 0.158. The fourth-order valence-electron chi connectivity index (χ4n) is 1.85. The van der Waals surface area contributed by atoms with E-state index in [1.165, 1.54) is 0 Å². The number of methoxy groups -OCH3 is 1. The van der Waals surface area contributed by atoms with Gasteiger partial charge in [0.1, 0.15) is 11.5 Å². The van der Waals surface area contributed by atoms with Crippen molar-refractivity contribution in [3.8, 4) is 5.75 Å². The Morgan fingerprint density at radius 3 is 2.62 bits per heavy atom. The molecule has 112 valence electrons. The van der Waals surface area contributed by atoms with Crippen LogP contribution in [0.4, 0.5) is 5.69 Å². The van der Waals surface area contributed by atoms with Crippen molar-refractivity contribution in [2.24, 2.45) is 0 Å². The third-order valence-electron chi connectivity index (χ3n) is 2.86. The molecule has 21 heavy (non-hydrogen) atoms. The maximum Gasteiger partial charge on any atom is 0.372 e. The molecule has 1 aromatic heterocycles. The second kappa shape index (κ2) is 6.53. The summed E-state index contributed by atoms with van der Waals surface area (Å²) in [6.45, 7) is 2.08. The lowest BCUT2D eigenvalue weighted by molar-refractivity contribution is 0.0659. The van der Waals surface area contributed by atoms with E-state index in [-0.39, 0.29) is 5.76 Å². The highest BCUT2D eigenvalue weighted by Gasteiger charge is 2.14. The molecule has 2 rings (SSSR count). The Labute approximate surface area is 138 Å². The molecular formula is C14H13Br2NO4. The maximum atomic E-state index is 10.9. The highest BCUT2D eigenvalue weighted by atomic mass is 79.9. The summed E-state index contributed by atoms with van der Waals surface area (Å²) in [6, 6.07) is 5.42. The van der Waals surface area contributed by atoms with Crippen molar-refractivity contribution in [3.05, 3.63) is 44.2 Å². The molecule has 0 saturated carbocycles. The molecule has 0 bridgehead atoms. The largest absolute Gasteiger partial charge is 0.495 e. The van der Waals surface area contributed by atoms with E-state index in [4.69, 9.17) is 14.3 Å². The minimum absolute atomic E-state index is 0.0285. The predicted octanol–water partition coefficient (Wildman–Crippen LogP) is 4.43. The number of aryl methyl sites for hydroxylation is 1. The van der Waals surface area contributed by atoms with Gasteiger partial charge in [-0.1, -0.05) is 0 Å². The number of nitrogens with one attached hydrogen (secondary N) is 1. The first-order chi connectivity index (χ1) is 9.92. The molecule has 0 radical (unpaired) electrons. The third kappa shape index (κ3) is 3.59. The van der Waals surface area contributed by atoms with Crippen LogP contribution in [-0.4, -0.2) is 18.2 Å². The topological polar surface area (TPSA) is 71.7 Å². The summed E-state index contributed by atoms with van der Waals surface area (Å²) < 4.78 is 12.2. The SMILES string of the molecule is COc1cc(NCc2cc(C)c(C(=O)O)o2)c(Br)cc1Br. The van der Waals surface area contributed by atoms with Crippen molar-refractivity contribution in [1.82, 2.24) is 0 Å². The molecule has 0 fully saturated rings. The lowest BCUT2D eigenvalue weighted by Crippen LogP contribution is -2.00. The average molecular weight is 419 g/mol. The number of furan rings is 1. The van der Waals surface area contributed by atoms with Crippen LogP contribution in [0.15, 0.2) is 31.6 Å². The van der Waals surface area contributed by atoms with Gasteiger partial charge in [-0.2, -0.15) is 0 Å². The number of benzene rings is 1. The summed E-state index contributed by atoms with van der Waals surface area (Å²) >= 11 is 6.85. The second-order valence-corrected chi connectivity index (χ2v) is 6.06. The number of hydrogen-bond acceptors (Lipinski definition) is 4. The molecule has 0 aliphatic heterocycles. The second-order valence-electron chi connectivity index (χ2n) is 4.35. The molecular weight excluding hydrogens is 406 g/mol. The normalized spacial score (nSPS) is 10.5. The Morgan fingerprint density at radius 2 is 2.05 bits per heavy atom. The van der Waals surface area contributed by atoms with Crippen LogP contribution in [-0.2, 0) is 6.54 Å². The smallest absolute Gasteiger partial charge is 0.372 e. The van der Waals surface area contributed by atoms with Gasteiger partial charge in [-0.15, -0.1) is 0 Å². The molecule has 0 spiro atoms. The van der Waals surface area contributed by atoms with Crippen LogP contribution in [0.3, 0.4) is 0 Å². The number of carbonyl (C=O) groups is 1. The maximum absolute atomic E-state index is 10.9. The molecule has 1 aromatic carbocycles. The lowest BCUT2D eigenvalue weighted by Gasteiger charge is -2.11. The van der Waals surface area contributed by atoms with E-state index in [0.29, 0.717) is 23.6 Å². The Hall–Kier alpha value is -1.47. The highest BCUT2D eigenvalue weighted by Crippen LogP contribution is 2.34. The van der Waals surface area contributed by atoms with Gasteiger partial charge in [-0.25, -0.2) is 4.79 Å². The fourth-order valence-corrected chi connectivity index (χ4v) is 3.15. The van der Waals surface area contributed by atoms with Gasteiger partial charge in [0.2, 0.25) is 5.76 Å². The monoisotopic (exact) mass is 417 g/mol. The summed E-state index contributed by atoms with van der Waals surface area (Å²) in [4.78, 5) is 10.9. The molecule has 0 amide bonds. The fraction of sp³-hybridized carbons (Fsp3) is 0.214. The van der Waals surface area contributed by atoms with Gasteiger partial charge in [0, 0.05) is 16.1 Å². The molecule has 7 heteroatoms. The molecule has 0 aliphatic carbocycles. The first-order valence-electron chi connectivity index (χ1n) is 6.02. The first kappa shape index (κ1) is 15.9. The Kier molecular flexibility index (Phi) is 4.95. The Balaban J connectivity index is 2.16. The summed E-state index contributed by atoms with van der Waals surface area (Å²) in [6.07, 6.45) is 0. The van der Waals surface area contributed by atoms with E-state index < -0.39 is 5.97 Å². The van der Waals surface area contributed by atoms with Crippen LogP contribution in [0.2, 0.25) is 0 Å². The third-order valence-corrected chi connectivity index (χ3v) is 4.13. The van der Waals surface area contributed by atoms with E-state index in [2.05, 4.69) is 37.2 Å². The summed E-state index contributed by atoms with van der Waals surface area (Å²) in [5.41, 5.74) is 1.42. The molecule has 5 nitrogen and oxygen atoms in total. The zero-order valence-corrected chi connectivity index (χ0v) is 14.5. The van der Waals surface area contributed by atoms with Gasteiger partial charge in [-0.3, -0.25) is 0 Å². The average Bonchev–Trinajstić information content (AvgIpc) is 2.79. The van der Waals surface area contributed by atoms with Gasteiger partial charge in [0.05, 0.1) is 23.8 Å². The summed E-state index contributed by atoms with van der Waals surface area (Å²) in [5, 5.41) is 12.1. The minimum atomic E-state index is -1.06. The molecule has 0 atom stereocenters. The molecule has 0 aliphatic rings. The molecule has 2 N–H and O–H groups in total. The van der Waals surface area contributed by atoms with E-state index >= 15 is 0 Å². The van der Waals surface area contributed by atoms with Crippen LogP contribution in [0.25, 0.3) is 0 Å². The number of halogens is 2. The Bertz CT molecular complexity index is 682. The van der Waals surface area contributed by atoms with Crippen LogP contribution in [0.5, 0.6) is 5.75 Å². The van der Waals surface area contributed by atoms with Crippen LogP contribution < -0.4 is 10.1 Å². The van der Waals surface area contributed by atoms with E-state index in [9.17, 15) is 4.79 Å². The first-order valence-corrected chi connectivity index (χ1v) is 7.60. The molecule has 1 heterocycles. The molecule has 0 saturated heterocycles. The van der Waals surface area contributed by atoms with Crippen molar-refractivity contribution in [3.63, 3.8) is 0 Å². The zero-order chi connectivity index (χ0) is 15.6. The standard InChI is InChI=1S/C14H13Br2NO4/c1-7-3-8(21-13(7)14(18)19)6-17-11-5-12(20-2)10(16)4-9(11)15/h3-5,17H,6H2,1-2H3,(H,18,19). The van der Waals surface area contributed by atoms with Crippen molar-refractivity contribution >= 4 is 43.5 Å². The number of hydrogen-bond donors (Lipinski definition) is 2. The minimum Gasteiger partial charge on any atom is -0.495 e. The zero-order valence-electron chi connectivity index (χ0n) is 11.4. The van der Waals surface area contributed by atoms with Crippen molar-refractivity contribution in [2.75, 3.05) is 12.4 Å². The summed E-state index contributed by atoms with van der Waals surface area (Å²) in [7, 11) is 1.59. The lowest BCUT2D eigenvalue weighted by atomic mass is 10.2. The van der Waals surface area contributed by atoms with Gasteiger partial charge in [-0.05, 0) is 50.9 Å². The number of carboxylic acid groups (broad SMARTS) is 1. The van der Waals surface area contributed by atoms with Crippen molar-refractivity contribution < 1.29 is 19.1 Å². The van der Waals surface area contributed by atoms with Crippen molar-refractivity contribution in [2.45, 2.75) is 13.5 Å². The van der Waals surface area contributed by atoms with E-state index in [1.54, 1.807) is 20.1 Å². The number of aromatic carboxylic acids is 1. The van der Waals surface area contributed by atoms with E-state index in [0.717, 1.165) is 14.6 Å². The number of ether oxygens (including phenoxy) is 1. The number of rotatable bonds is 5. The molecule has 0 unspecified atom stereocenters. The van der Waals surface area contributed by atoms with Crippen LogP contribution in [0.1, 0.15) is 21.9 Å². The predicted molar refractivity (Wildman–Crippen MR) is 86.1 cm³/mol. The van der Waals surface area contributed by atoms with Crippen LogP contribution >= 0.6 is 31.9 Å². The van der Waals surface area contributed by atoms with Crippen LogP contribution in [0, 0.1) is 6.92 Å². The van der Waals surface area contributed by atoms with Gasteiger partial charge in [0.25, 0.3) is 0 Å². The quantitative estimate of drug-likeness (QED) is 0.751. The van der Waals surface area contributed by atoms with Gasteiger partial charge >= 0.3 is 5.97 Å². The number of anilines is 1. The molecule has 2 aromatic rings. The van der Waals surface area contributed by atoms with Gasteiger partial charge in [0.15, 0.2) is 0 Å². The number of carboxylic acids is 1. The van der Waals surface area contributed by atoms with Crippen molar-refractivity contribution in [1.29, 1.82) is 0 Å². The highest BCUT2D eigenvalue weighted by molar-refractivity contribution is 9.11. The van der Waals surface area contributed by atoms with E-state index in [1.807, 2.05) is 12.1 Å². The van der Waals surface area contributed by atoms with Gasteiger partial charge < -0.3 is 19.6 Å². The Morgan fingerprint density at radius 1 is 1.33 bits per heavy atom.